The van der Waals surface area contributed by atoms with Crippen LogP contribution in [0.5, 0.6) is 0 Å². The van der Waals surface area contributed by atoms with Crippen molar-refractivity contribution in [2.75, 3.05) is 13.7 Å². The second kappa shape index (κ2) is 5.28. The minimum atomic E-state index is -0.374. The van der Waals surface area contributed by atoms with Gasteiger partial charge in [0, 0.05) is 19.9 Å². The maximum atomic E-state index is 13.1. The van der Waals surface area contributed by atoms with E-state index in [0.717, 1.165) is 19.3 Å². The number of hydrogen-bond donors (Lipinski definition) is 1. The summed E-state index contributed by atoms with van der Waals surface area (Å²) in [7, 11) is 1.71. The molecule has 1 aliphatic carbocycles. The van der Waals surface area contributed by atoms with E-state index in [-0.39, 0.29) is 23.7 Å². The van der Waals surface area contributed by atoms with E-state index in [2.05, 4.69) is 10.2 Å². The first kappa shape index (κ1) is 14.6. The van der Waals surface area contributed by atoms with Gasteiger partial charge in [-0.3, -0.25) is 9.20 Å². The molecule has 3 heterocycles. The molecular formula is C16H20N4O3. The Morgan fingerprint density at radius 2 is 2.35 bits per heavy atom. The summed E-state index contributed by atoms with van der Waals surface area (Å²) in [5.41, 5.74) is 0.772. The minimum Gasteiger partial charge on any atom is -0.393 e. The van der Waals surface area contributed by atoms with Gasteiger partial charge in [-0.2, -0.15) is 0 Å². The normalized spacial score (nSPS) is 30.6. The minimum absolute atomic E-state index is 0.0679. The van der Waals surface area contributed by atoms with Gasteiger partial charge in [-0.05, 0) is 37.8 Å². The summed E-state index contributed by atoms with van der Waals surface area (Å²) in [6.07, 6.45) is 5.92. The van der Waals surface area contributed by atoms with Gasteiger partial charge in [0.25, 0.3) is 5.91 Å². The lowest BCUT2D eigenvalue weighted by Crippen LogP contribution is -2.52. The highest BCUT2D eigenvalue weighted by atomic mass is 16.5. The third kappa shape index (κ3) is 2.14. The van der Waals surface area contributed by atoms with Crippen molar-refractivity contribution in [2.24, 2.45) is 0 Å². The SMILES string of the molecule is CO[C@@]12CC[C@@H](O)C[C@@H]1N(C(=O)c1cccn3cnnc13)CC2. The average molecular weight is 316 g/mol. The Hall–Kier alpha value is -1.99. The molecule has 1 N–H and O–H groups in total. The zero-order valence-electron chi connectivity index (χ0n) is 13.1. The van der Waals surface area contributed by atoms with Crippen LogP contribution in [0.25, 0.3) is 5.65 Å². The average Bonchev–Trinajstić information content (AvgIpc) is 3.18. The first-order valence-corrected chi connectivity index (χ1v) is 7.97. The molecule has 0 unspecified atom stereocenters. The van der Waals surface area contributed by atoms with E-state index in [4.69, 9.17) is 4.74 Å². The number of hydrogen-bond acceptors (Lipinski definition) is 5. The van der Waals surface area contributed by atoms with Gasteiger partial charge in [0.1, 0.15) is 6.33 Å². The lowest BCUT2D eigenvalue weighted by Gasteiger charge is -2.42. The van der Waals surface area contributed by atoms with Crippen LogP contribution in [0.15, 0.2) is 24.7 Å². The molecule has 0 aromatic carbocycles. The highest BCUT2D eigenvalue weighted by molar-refractivity contribution is 6.00. The molecule has 23 heavy (non-hydrogen) atoms. The van der Waals surface area contributed by atoms with E-state index < -0.39 is 0 Å². The molecule has 2 aromatic heterocycles. The Labute approximate surface area is 133 Å². The van der Waals surface area contributed by atoms with E-state index >= 15 is 0 Å². The summed E-state index contributed by atoms with van der Waals surface area (Å²) < 4.78 is 7.54. The highest BCUT2D eigenvalue weighted by Crippen LogP contribution is 2.43. The number of aromatic nitrogens is 3. The van der Waals surface area contributed by atoms with Crippen molar-refractivity contribution in [3.05, 3.63) is 30.2 Å². The molecule has 1 saturated heterocycles. The van der Waals surface area contributed by atoms with Gasteiger partial charge in [0.15, 0.2) is 5.65 Å². The van der Waals surface area contributed by atoms with Crippen LogP contribution in [-0.4, -0.2) is 61.9 Å². The number of rotatable bonds is 2. The number of pyridine rings is 1. The van der Waals surface area contributed by atoms with Crippen LogP contribution in [0.3, 0.4) is 0 Å². The third-order valence-electron chi connectivity index (χ3n) is 5.38. The Morgan fingerprint density at radius 3 is 3.17 bits per heavy atom. The number of aliphatic hydroxyl groups is 1. The maximum absolute atomic E-state index is 13.1. The number of likely N-dealkylation sites (tertiary alicyclic amines) is 1. The van der Waals surface area contributed by atoms with Crippen molar-refractivity contribution >= 4 is 11.6 Å². The van der Waals surface area contributed by atoms with Crippen LogP contribution in [0, 0.1) is 0 Å². The van der Waals surface area contributed by atoms with Crippen molar-refractivity contribution < 1.29 is 14.6 Å². The van der Waals surface area contributed by atoms with Crippen molar-refractivity contribution in [3.8, 4) is 0 Å². The van der Waals surface area contributed by atoms with Gasteiger partial charge in [-0.15, -0.1) is 10.2 Å². The van der Waals surface area contributed by atoms with Gasteiger partial charge >= 0.3 is 0 Å². The van der Waals surface area contributed by atoms with E-state index in [1.165, 1.54) is 0 Å². The summed E-state index contributed by atoms with van der Waals surface area (Å²) in [6, 6.07) is 3.50. The zero-order chi connectivity index (χ0) is 16.0. The quantitative estimate of drug-likeness (QED) is 0.889. The Bertz CT molecular complexity index is 746. The molecule has 7 nitrogen and oxygen atoms in total. The van der Waals surface area contributed by atoms with Crippen molar-refractivity contribution in [1.29, 1.82) is 0 Å². The van der Waals surface area contributed by atoms with Gasteiger partial charge in [-0.1, -0.05) is 0 Å². The summed E-state index contributed by atoms with van der Waals surface area (Å²) in [6.45, 7) is 0.638. The van der Waals surface area contributed by atoms with Crippen molar-refractivity contribution in [3.63, 3.8) is 0 Å². The van der Waals surface area contributed by atoms with Crippen LogP contribution in [-0.2, 0) is 4.74 Å². The number of aliphatic hydroxyl groups excluding tert-OH is 1. The predicted molar refractivity (Wildman–Crippen MR) is 82.0 cm³/mol. The molecule has 2 fully saturated rings. The molecule has 0 bridgehead atoms. The number of ether oxygens (including phenoxy) is 1. The molecule has 4 rings (SSSR count). The van der Waals surface area contributed by atoms with Crippen LogP contribution in [0.4, 0.5) is 0 Å². The summed E-state index contributed by atoms with van der Waals surface area (Å²) in [5.74, 6) is -0.0679. The molecule has 0 spiro atoms. The first-order valence-electron chi connectivity index (χ1n) is 7.97. The van der Waals surface area contributed by atoms with Crippen LogP contribution in [0.2, 0.25) is 0 Å². The third-order valence-corrected chi connectivity index (χ3v) is 5.38. The van der Waals surface area contributed by atoms with Crippen molar-refractivity contribution in [1.82, 2.24) is 19.5 Å². The smallest absolute Gasteiger partial charge is 0.258 e. The predicted octanol–water partition coefficient (Wildman–Crippen LogP) is 0.874. The molecule has 2 aliphatic rings. The Kier molecular flexibility index (Phi) is 3.35. The molecule has 1 saturated carbocycles. The molecule has 1 aliphatic heterocycles. The van der Waals surface area contributed by atoms with E-state index in [1.54, 1.807) is 23.9 Å². The number of nitrogens with zero attached hydrogens (tertiary/aromatic N) is 4. The number of carbonyl (C=O) groups is 1. The molecule has 2 aromatic rings. The molecular weight excluding hydrogens is 296 g/mol. The molecule has 0 radical (unpaired) electrons. The lowest BCUT2D eigenvalue weighted by molar-refractivity contribution is -0.0824. The van der Waals surface area contributed by atoms with Crippen LogP contribution in [0.1, 0.15) is 36.0 Å². The highest BCUT2D eigenvalue weighted by Gasteiger charge is 2.52. The summed E-state index contributed by atoms with van der Waals surface area (Å²) in [4.78, 5) is 14.9. The maximum Gasteiger partial charge on any atom is 0.258 e. The Morgan fingerprint density at radius 1 is 1.48 bits per heavy atom. The number of fused-ring (bicyclic) bond motifs is 2. The topological polar surface area (TPSA) is 80.0 Å². The second-order valence-corrected chi connectivity index (χ2v) is 6.45. The molecule has 1 amide bonds. The fourth-order valence-electron chi connectivity index (χ4n) is 4.09. The monoisotopic (exact) mass is 316 g/mol. The Balaban J connectivity index is 1.70. The van der Waals surface area contributed by atoms with E-state index in [1.807, 2.05) is 17.2 Å². The first-order chi connectivity index (χ1) is 11.1. The van der Waals surface area contributed by atoms with Gasteiger partial charge in [0.05, 0.1) is 23.3 Å². The zero-order valence-corrected chi connectivity index (χ0v) is 13.1. The second-order valence-electron chi connectivity index (χ2n) is 6.45. The standard InChI is InChI=1S/C16H20N4O3/c1-23-16-5-4-11(21)9-13(16)20(8-6-16)15(22)12-3-2-7-19-10-17-18-14(12)19/h2-3,7,10-11,13,21H,4-6,8-9H2,1H3/t11-,13+,16-/m1/s1. The fraction of sp³-hybridized carbons (Fsp3) is 0.562. The van der Waals surface area contributed by atoms with Crippen LogP contribution < -0.4 is 0 Å². The molecule has 3 atom stereocenters. The molecule has 7 heteroatoms. The fourth-order valence-corrected chi connectivity index (χ4v) is 4.09. The summed E-state index contributed by atoms with van der Waals surface area (Å²) in [5, 5.41) is 18.0. The van der Waals surface area contributed by atoms with Crippen LogP contribution >= 0.6 is 0 Å². The molecule has 122 valence electrons. The van der Waals surface area contributed by atoms with E-state index in [0.29, 0.717) is 24.2 Å². The number of carbonyl (C=O) groups excluding carboxylic acids is 1. The van der Waals surface area contributed by atoms with E-state index in [9.17, 15) is 9.90 Å². The van der Waals surface area contributed by atoms with Gasteiger partial charge < -0.3 is 14.7 Å². The largest absolute Gasteiger partial charge is 0.393 e. The number of amides is 1. The van der Waals surface area contributed by atoms with Gasteiger partial charge in [0.2, 0.25) is 0 Å². The lowest BCUT2D eigenvalue weighted by atomic mass is 9.79. The van der Waals surface area contributed by atoms with Crippen molar-refractivity contribution in [2.45, 2.75) is 43.4 Å². The number of methoxy groups -OCH3 is 1. The van der Waals surface area contributed by atoms with Gasteiger partial charge in [-0.25, -0.2) is 0 Å². The summed E-state index contributed by atoms with van der Waals surface area (Å²) >= 11 is 0.